The highest BCUT2D eigenvalue weighted by atomic mass is 32.2. The van der Waals surface area contributed by atoms with Gasteiger partial charge in [-0.3, -0.25) is 14.5 Å². The summed E-state index contributed by atoms with van der Waals surface area (Å²) >= 11 is 0.971. The van der Waals surface area contributed by atoms with E-state index in [-0.39, 0.29) is 11.1 Å². The highest BCUT2D eigenvalue weighted by molar-refractivity contribution is 8.18. The fourth-order valence-electron chi connectivity index (χ4n) is 2.64. The summed E-state index contributed by atoms with van der Waals surface area (Å²) in [7, 11) is 1.60. The van der Waals surface area contributed by atoms with E-state index in [9.17, 15) is 9.59 Å². The zero-order valence-electron chi connectivity index (χ0n) is 14.8. The largest absolute Gasteiger partial charge is 0.493 e. The Morgan fingerprint density at radius 3 is 2.64 bits per heavy atom. The Balaban J connectivity index is 2.43. The zero-order valence-corrected chi connectivity index (χ0v) is 15.6. The van der Waals surface area contributed by atoms with Crippen molar-refractivity contribution in [1.82, 2.24) is 4.90 Å². The van der Waals surface area contributed by atoms with Gasteiger partial charge in [0.15, 0.2) is 11.5 Å². The summed E-state index contributed by atoms with van der Waals surface area (Å²) in [5, 5.41) is -0.219. The van der Waals surface area contributed by atoms with Crippen molar-refractivity contribution in [3.05, 3.63) is 40.8 Å². The standard InChI is InChI=1S/C19H23NO4S/c1-5-8-14-10-13(11-15(24-7-3)17(14)23-4)12-16-18(21)20(9-6-2)19(22)25-16/h5,10-12H,1,6-9H2,2-4H3/b16-12+. The molecule has 2 amide bonds. The maximum atomic E-state index is 12.4. The van der Waals surface area contributed by atoms with Crippen LogP contribution in [-0.4, -0.2) is 36.3 Å². The molecule has 0 unspecified atom stereocenters. The van der Waals surface area contributed by atoms with Gasteiger partial charge in [-0.1, -0.05) is 13.0 Å². The van der Waals surface area contributed by atoms with Crippen LogP contribution in [0, 0.1) is 0 Å². The molecule has 1 aromatic rings. The number of amides is 2. The first-order valence-electron chi connectivity index (χ1n) is 8.25. The summed E-state index contributed by atoms with van der Waals surface area (Å²) in [6.45, 7) is 8.55. The molecule has 0 aromatic heterocycles. The number of carbonyl (C=O) groups is 2. The summed E-state index contributed by atoms with van der Waals surface area (Å²) in [5.74, 6) is 1.04. The number of allylic oxidation sites excluding steroid dienone is 1. The van der Waals surface area contributed by atoms with Crippen molar-refractivity contribution in [2.45, 2.75) is 26.7 Å². The molecule has 1 fully saturated rings. The van der Waals surface area contributed by atoms with E-state index >= 15 is 0 Å². The molecular formula is C19H23NO4S. The molecule has 5 nitrogen and oxygen atoms in total. The Morgan fingerprint density at radius 2 is 2.04 bits per heavy atom. The fraction of sp³-hybridized carbons (Fsp3) is 0.368. The van der Waals surface area contributed by atoms with Gasteiger partial charge in [0.1, 0.15) is 0 Å². The summed E-state index contributed by atoms with van der Waals surface area (Å²) < 4.78 is 11.1. The van der Waals surface area contributed by atoms with Gasteiger partial charge in [0.25, 0.3) is 11.1 Å². The molecule has 0 spiro atoms. The summed E-state index contributed by atoms with van der Waals surface area (Å²) in [6.07, 6.45) is 4.87. The molecule has 0 N–H and O–H groups in total. The van der Waals surface area contributed by atoms with E-state index in [1.165, 1.54) is 4.90 Å². The van der Waals surface area contributed by atoms with Gasteiger partial charge < -0.3 is 9.47 Å². The minimum Gasteiger partial charge on any atom is -0.493 e. The maximum absolute atomic E-state index is 12.4. The van der Waals surface area contributed by atoms with Gasteiger partial charge in [-0.15, -0.1) is 6.58 Å². The highest BCUT2D eigenvalue weighted by Crippen LogP contribution is 2.37. The van der Waals surface area contributed by atoms with E-state index in [2.05, 4.69) is 6.58 Å². The number of imide groups is 1. The van der Waals surface area contributed by atoms with Crippen LogP contribution >= 0.6 is 11.8 Å². The summed E-state index contributed by atoms with van der Waals surface area (Å²) in [5.41, 5.74) is 1.71. The SMILES string of the molecule is C=CCc1cc(/C=C2/SC(=O)N(CCC)C2=O)cc(OCC)c1OC. The minimum atomic E-state index is -0.240. The van der Waals surface area contributed by atoms with E-state index in [1.807, 2.05) is 26.0 Å². The third-order valence-corrected chi connectivity index (χ3v) is 4.55. The lowest BCUT2D eigenvalue weighted by atomic mass is 10.0. The first kappa shape index (κ1) is 19.1. The normalized spacial score (nSPS) is 15.8. The monoisotopic (exact) mass is 361 g/mol. The minimum absolute atomic E-state index is 0.219. The number of hydrogen-bond acceptors (Lipinski definition) is 5. The molecule has 1 aliphatic rings. The van der Waals surface area contributed by atoms with Crippen molar-refractivity contribution in [1.29, 1.82) is 0 Å². The number of benzene rings is 1. The van der Waals surface area contributed by atoms with Crippen LogP contribution < -0.4 is 9.47 Å². The van der Waals surface area contributed by atoms with Crippen LogP contribution in [0.5, 0.6) is 11.5 Å². The number of carbonyl (C=O) groups excluding carboxylic acids is 2. The molecule has 6 heteroatoms. The lowest BCUT2D eigenvalue weighted by Crippen LogP contribution is -2.28. The average molecular weight is 361 g/mol. The third-order valence-electron chi connectivity index (χ3n) is 3.64. The topological polar surface area (TPSA) is 55.8 Å². The number of rotatable bonds is 8. The Bertz CT molecular complexity index is 712. The van der Waals surface area contributed by atoms with Gasteiger partial charge >= 0.3 is 0 Å². The number of nitrogens with zero attached hydrogens (tertiary/aromatic N) is 1. The van der Waals surface area contributed by atoms with Crippen molar-refractivity contribution < 1.29 is 19.1 Å². The predicted molar refractivity (Wildman–Crippen MR) is 101 cm³/mol. The van der Waals surface area contributed by atoms with Gasteiger partial charge in [0.2, 0.25) is 0 Å². The second kappa shape index (κ2) is 8.76. The average Bonchev–Trinajstić information content (AvgIpc) is 2.83. The Labute approximate surface area is 152 Å². The molecule has 0 radical (unpaired) electrons. The maximum Gasteiger partial charge on any atom is 0.293 e. The van der Waals surface area contributed by atoms with E-state index in [1.54, 1.807) is 19.3 Å². The van der Waals surface area contributed by atoms with Crippen LogP contribution in [0.1, 0.15) is 31.4 Å². The molecule has 2 rings (SSSR count). The molecule has 25 heavy (non-hydrogen) atoms. The molecule has 0 bridgehead atoms. The van der Waals surface area contributed by atoms with Gasteiger partial charge in [0, 0.05) is 12.1 Å². The molecule has 134 valence electrons. The quantitative estimate of drug-likeness (QED) is 0.511. The first-order valence-corrected chi connectivity index (χ1v) is 9.07. The first-order chi connectivity index (χ1) is 12.0. The second-order valence-electron chi connectivity index (χ2n) is 5.47. The van der Waals surface area contributed by atoms with Crippen molar-refractivity contribution in [3.8, 4) is 11.5 Å². The van der Waals surface area contributed by atoms with Gasteiger partial charge in [-0.2, -0.15) is 0 Å². The van der Waals surface area contributed by atoms with Crippen LogP contribution in [0.2, 0.25) is 0 Å². The molecule has 1 aromatic carbocycles. The van der Waals surface area contributed by atoms with Gasteiger partial charge in [-0.25, -0.2) is 0 Å². The van der Waals surface area contributed by atoms with Crippen molar-refractivity contribution >= 4 is 29.0 Å². The van der Waals surface area contributed by atoms with Crippen LogP contribution in [0.4, 0.5) is 4.79 Å². The number of thioether (sulfide) groups is 1. The highest BCUT2D eigenvalue weighted by Gasteiger charge is 2.34. The lowest BCUT2D eigenvalue weighted by molar-refractivity contribution is -0.122. The van der Waals surface area contributed by atoms with E-state index in [0.29, 0.717) is 36.0 Å². The van der Waals surface area contributed by atoms with Gasteiger partial charge in [0.05, 0.1) is 18.6 Å². The molecule has 1 saturated heterocycles. The fourth-order valence-corrected chi connectivity index (χ4v) is 3.50. The molecule has 1 aliphatic heterocycles. The Kier molecular flexibility index (Phi) is 6.70. The zero-order chi connectivity index (χ0) is 18.4. The lowest BCUT2D eigenvalue weighted by Gasteiger charge is -2.14. The Morgan fingerprint density at radius 1 is 1.28 bits per heavy atom. The Hall–Kier alpha value is -2.21. The van der Waals surface area contributed by atoms with Crippen molar-refractivity contribution in [3.63, 3.8) is 0 Å². The van der Waals surface area contributed by atoms with Crippen LogP contribution in [0.15, 0.2) is 29.7 Å². The summed E-state index contributed by atoms with van der Waals surface area (Å²) in [4.78, 5) is 26.1. The molecule has 0 saturated carbocycles. The molecule has 0 atom stereocenters. The van der Waals surface area contributed by atoms with Crippen LogP contribution in [0.3, 0.4) is 0 Å². The van der Waals surface area contributed by atoms with Crippen LogP contribution in [-0.2, 0) is 11.2 Å². The molecule has 1 heterocycles. The smallest absolute Gasteiger partial charge is 0.293 e. The van der Waals surface area contributed by atoms with Crippen molar-refractivity contribution in [2.75, 3.05) is 20.3 Å². The number of methoxy groups -OCH3 is 1. The van der Waals surface area contributed by atoms with Crippen molar-refractivity contribution in [2.24, 2.45) is 0 Å². The predicted octanol–water partition coefficient (Wildman–Crippen LogP) is 4.27. The van der Waals surface area contributed by atoms with Crippen LogP contribution in [0.25, 0.3) is 6.08 Å². The van der Waals surface area contributed by atoms with E-state index in [0.717, 1.165) is 29.3 Å². The third kappa shape index (κ3) is 4.25. The van der Waals surface area contributed by atoms with E-state index in [4.69, 9.17) is 9.47 Å². The molecular weight excluding hydrogens is 338 g/mol. The number of ether oxygens (including phenoxy) is 2. The molecule has 0 aliphatic carbocycles. The second-order valence-corrected chi connectivity index (χ2v) is 6.46. The summed E-state index contributed by atoms with van der Waals surface area (Å²) in [6, 6.07) is 3.75. The van der Waals surface area contributed by atoms with E-state index < -0.39 is 0 Å². The van der Waals surface area contributed by atoms with Gasteiger partial charge in [-0.05, 0) is 55.3 Å². The number of hydrogen-bond donors (Lipinski definition) is 0.